The highest BCUT2D eigenvalue weighted by molar-refractivity contribution is 7.89. The van der Waals surface area contributed by atoms with Crippen LogP contribution < -0.4 is 4.72 Å². The summed E-state index contributed by atoms with van der Waals surface area (Å²) in [5.74, 6) is -0.211. The van der Waals surface area contributed by atoms with Crippen molar-refractivity contribution in [3.05, 3.63) is 0 Å². The highest BCUT2D eigenvalue weighted by atomic mass is 32.2. The van der Waals surface area contributed by atoms with Gasteiger partial charge in [0.05, 0.1) is 5.75 Å². The van der Waals surface area contributed by atoms with Crippen molar-refractivity contribution in [3.63, 3.8) is 0 Å². The second-order valence-electron chi connectivity index (χ2n) is 2.27. The van der Waals surface area contributed by atoms with Crippen molar-refractivity contribution >= 4 is 10.0 Å². The molecule has 0 aromatic rings. The summed E-state index contributed by atoms with van der Waals surface area (Å²) in [6.45, 7) is 1.58. The maximum absolute atomic E-state index is 10.7. The van der Waals surface area contributed by atoms with Gasteiger partial charge < -0.3 is 5.11 Å². The Labute approximate surface area is 61.3 Å². The average Bonchev–Trinajstić information content (AvgIpc) is 1.87. The van der Waals surface area contributed by atoms with E-state index in [2.05, 4.69) is 4.72 Å². The van der Waals surface area contributed by atoms with Crippen LogP contribution in [0.1, 0.15) is 6.92 Å². The molecule has 62 valence electrons. The van der Waals surface area contributed by atoms with Crippen LogP contribution in [0.5, 0.6) is 0 Å². The van der Waals surface area contributed by atoms with Gasteiger partial charge in [0.2, 0.25) is 10.0 Å². The van der Waals surface area contributed by atoms with Crippen LogP contribution in [-0.4, -0.2) is 32.9 Å². The molecule has 0 saturated heterocycles. The van der Waals surface area contributed by atoms with Gasteiger partial charge in [-0.05, 0) is 13.0 Å². The topological polar surface area (TPSA) is 66.4 Å². The van der Waals surface area contributed by atoms with Crippen LogP contribution in [0.2, 0.25) is 0 Å². The summed E-state index contributed by atoms with van der Waals surface area (Å²) < 4.78 is 23.7. The van der Waals surface area contributed by atoms with Crippen LogP contribution >= 0.6 is 0 Å². The zero-order chi connectivity index (χ0) is 8.20. The van der Waals surface area contributed by atoms with Crippen molar-refractivity contribution in [2.45, 2.75) is 6.92 Å². The van der Waals surface area contributed by atoms with Gasteiger partial charge in [0.1, 0.15) is 0 Å². The van der Waals surface area contributed by atoms with E-state index in [1.807, 2.05) is 0 Å². The SMILES string of the molecule is CNS(=O)(=O)CC(C)CO. The first kappa shape index (κ1) is 9.87. The van der Waals surface area contributed by atoms with Crippen LogP contribution in [0.15, 0.2) is 0 Å². The molecule has 4 nitrogen and oxygen atoms in total. The molecule has 0 aromatic carbocycles. The summed E-state index contributed by atoms with van der Waals surface area (Å²) in [6.07, 6.45) is 0. The van der Waals surface area contributed by atoms with Gasteiger partial charge in [0, 0.05) is 6.61 Å². The smallest absolute Gasteiger partial charge is 0.211 e. The van der Waals surface area contributed by atoms with Crippen molar-refractivity contribution in [1.29, 1.82) is 0 Å². The molecule has 2 N–H and O–H groups in total. The lowest BCUT2D eigenvalue weighted by Crippen LogP contribution is -2.26. The zero-order valence-electron chi connectivity index (χ0n) is 6.16. The standard InChI is InChI=1S/C5H13NO3S/c1-5(3-7)4-10(8,9)6-2/h5-7H,3-4H2,1-2H3. The molecule has 0 spiro atoms. The van der Waals surface area contributed by atoms with Crippen molar-refractivity contribution in [3.8, 4) is 0 Å². The van der Waals surface area contributed by atoms with E-state index in [1.165, 1.54) is 7.05 Å². The van der Waals surface area contributed by atoms with Gasteiger partial charge in [-0.25, -0.2) is 13.1 Å². The molecule has 0 bridgehead atoms. The average molecular weight is 167 g/mol. The quantitative estimate of drug-likeness (QED) is 0.574. The van der Waals surface area contributed by atoms with Crippen LogP contribution in [0, 0.1) is 5.92 Å². The lowest BCUT2D eigenvalue weighted by molar-refractivity contribution is 0.249. The monoisotopic (exact) mass is 167 g/mol. The molecule has 0 rings (SSSR count). The highest BCUT2D eigenvalue weighted by Crippen LogP contribution is 1.96. The molecule has 1 unspecified atom stereocenters. The molecular formula is C5H13NO3S. The highest BCUT2D eigenvalue weighted by Gasteiger charge is 2.11. The maximum Gasteiger partial charge on any atom is 0.211 e. The molecule has 0 heterocycles. The van der Waals surface area contributed by atoms with E-state index >= 15 is 0 Å². The predicted octanol–water partition coefficient (Wildman–Crippen LogP) is -0.836. The van der Waals surface area contributed by atoms with Crippen LogP contribution in [0.25, 0.3) is 0 Å². The lowest BCUT2D eigenvalue weighted by atomic mass is 10.2. The first-order valence-electron chi connectivity index (χ1n) is 3.04. The number of rotatable bonds is 4. The van der Waals surface area contributed by atoms with Gasteiger partial charge >= 0.3 is 0 Å². The van der Waals surface area contributed by atoms with Gasteiger partial charge in [-0.2, -0.15) is 0 Å². The summed E-state index contributed by atoms with van der Waals surface area (Å²) in [4.78, 5) is 0. The van der Waals surface area contributed by atoms with Gasteiger partial charge in [0.15, 0.2) is 0 Å². The summed E-state index contributed by atoms with van der Waals surface area (Å²) in [6, 6.07) is 0. The third-order valence-corrected chi connectivity index (χ3v) is 2.76. The van der Waals surface area contributed by atoms with Gasteiger partial charge in [-0.3, -0.25) is 0 Å². The summed E-state index contributed by atoms with van der Waals surface area (Å²) in [5.41, 5.74) is 0. The van der Waals surface area contributed by atoms with Crippen LogP contribution in [0.3, 0.4) is 0 Å². The molecule has 1 atom stereocenters. The van der Waals surface area contributed by atoms with E-state index in [4.69, 9.17) is 5.11 Å². The van der Waals surface area contributed by atoms with E-state index < -0.39 is 10.0 Å². The molecule has 0 fully saturated rings. The van der Waals surface area contributed by atoms with Crippen molar-refractivity contribution in [2.24, 2.45) is 5.92 Å². The minimum absolute atomic E-state index is 0.0139. The number of hydrogen-bond donors (Lipinski definition) is 2. The Balaban J connectivity index is 3.90. The van der Waals surface area contributed by atoms with E-state index in [9.17, 15) is 8.42 Å². The molecule has 0 amide bonds. The Morgan fingerprint density at radius 3 is 2.40 bits per heavy atom. The fourth-order valence-electron chi connectivity index (χ4n) is 0.511. The molecule has 0 aliphatic carbocycles. The number of nitrogens with one attached hydrogen (secondary N) is 1. The number of hydrogen-bond acceptors (Lipinski definition) is 3. The van der Waals surface area contributed by atoms with Crippen LogP contribution in [0.4, 0.5) is 0 Å². The molecule has 10 heavy (non-hydrogen) atoms. The Morgan fingerprint density at radius 1 is 1.60 bits per heavy atom. The summed E-state index contributed by atoms with van der Waals surface area (Å²) in [7, 11) is -1.78. The van der Waals surface area contributed by atoms with Gasteiger partial charge in [0.25, 0.3) is 0 Å². The lowest BCUT2D eigenvalue weighted by Gasteiger charge is -2.06. The van der Waals surface area contributed by atoms with Gasteiger partial charge in [-0.15, -0.1) is 0 Å². The minimum atomic E-state index is -3.14. The van der Waals surface area contributed by atoms with Crippen molar-refractivity contribution in [2.75, 3.05) is 19.4 Å². The molecule has 0 radical (unpaired) electrons. The van der Waals surface area contributed by atoms with Gasteiger partial charge in [-0.1, -0.05) is 6.92 Å². The van der Waals surface area contributed by atoms with E-state index in [0.29, 0.717) is 0 Å². The third-order valence-electron chi connectivity index (χ3n) is 1.13. The first-order valence-corrected chi connectivity index (χ1v) is 4.69. The maximum atomic E-state index is 10.7. The molecule has 0 saturated carbocycles. The van der Waals surface area contributed by atoms with Crippen molar-refractivity contribution in [1.82, 2.24) is 4.72 Å². The second-order valence-corrected chi connectivity index (χ2v) is 4.24. The van der Waals surface area contributed by atoms with Crippen LogP contribution in [-0.2, 0) is 10.0 Å². The first-order chi connectivity index (χ1) is 4.52. The molecule has 5 heteroatoms. The number of sulfonamides is 1. The number of aliphatic hydroxyl groups excluding tert-OH is 1. The predicted molar refractivity (Wildman–Crippen MR) is 39.1 cm³/mol. The summed E-state index contributed by atoms with van der Waals surface area (Å²) >= 11 is 0. The third kappa shape index (κ3) is 3.81. The Morgan fingerprint density at radius 2 is 2.10 bits per heavy atom. The van der Waals surface area contributed by atoms with Crippen molar-refractivity contribution < 1.29 is 13.5 Å². The Hall–Kier alpha value is -0.130. The van der Waals surface area contributed by atoms with E-state index in [0.717, 1.165) is 0 Å². The summed E-state index contributed by atoms with van der Waals surface area (Å²) in [5, 5.41) is 8.50. The Kier molecular flexibility index (Phi) is 3.85. The van der Waals surface area contributed by atoms with E-state index in [1.54, 1.807) is 6.92 Å². The molecule has 0 aliphatic rings. The minimum Gasteiger partial charge on any atom is -0.396 e. The second kappa shape index (κ2) is 3.90. The molecule has 0 aliphatic heterocycles. The fraction of sp³-hybridized carbons (Fsp3) is 1.00. The zero-order valence-corrected chi connectivity index (χ0v) is 6.98. The number of aliphatic hydroxyl groups is 1. The largest absolute Gasteiger partial charge is 0.396 e. The molecule has 0 aromatic heterocycles. The molecular weight excluding hydrogens is 154 g/mol. The van der Waals surface area contributed by atoms with E-state index in [-0.39, 0.29) is 18.3 Å². The normalized spacial score (nSPS) is 15.1. The Bertz CT molecular complexity index is 175. The fourth-order valence-corrected chi connectivity index (χ4v) is 1.53.